The lowest BCUT2D eigenvalue weighted by Crippen LogP contribution is -1.96. The number of esters is 1. The molecular weight excluding hydrogens is 202 g/mol. The number of carbonyl (C=O) groups excluding carboxylic acids is 1. The summed E-state index contributed by atoms with van der Waals surface area (Å²) in [7, 11) is 1.28. The molecule has 0 saturated heterocycles. The van der Waals surface area contributed by atoms with E-state index in [1.165, 1.54) is 31.4 Å². The van der Waals surface area contributed by atoms with Gasteiger partial charge >= 0.3 is 5.97 Å². The number of hydrogen-bond donors (Lipinski definition) is 0. The zero-order valence-electron chi connectivity index (χ0n) is 8.17. The largest absolute Gasteiger partial charge is 0.469 e. The summed E-state index contributed by atoms with van der Waals surface area (Å²) >= 11 is 0. The van der Waals surface area contributed by atoms with E-state index in [0.29, 0.717) is 5.56 Å². The molecule has 0 spiro atoms. The van der Waals surface area contributed by atoms with Crippen LogP contribution < -0.4 is 0 Å². The molecule has 1 aromatic carbocycles. The van der Waals surface area contributed by atoms with Crippen LogP contribution in [0, 0.1) is 11.6 Å². The van der Waals surface area contributed by atoms with Crippen LogP contribution in [0.25, 0.3) is 6.08 Å². The summed E-state index contributed by atoms with van der Waals surface area (Å²) < 4.78 is 29.8. The topological polar surface area (TPSA) is 26.3 Å². The van der Waals surface area contributed by atoms with E-state index in [0.717, 1.165) is 6.07 Å². The quantitative estimate of drug-likeness (QED) is 0.719. The zero-order valence-corrected chi connectivity index (χ0v) is 8.17. The molecule has 0 bridgehead atoms. The van der Waals surface area contributed by atoms with Crippen LogP contribution in [0.5, 0.6) is 0 Å². The third kappa shape index (κ3) is 3.89. The van der Waals surface area contributed by atoms with Crippen molar-refractivity contribution in [2.45, 2.75) is 6.42 Å². The van der Waals surface area contributed by atoms with E-state index in [1.54, 1.807) is 0 Å². The summed E-state index contributed by atoms with van der Waals surface area (Å²) in [6.07, 6.45) is 3.03. The van der Waals surface area contributed by atoms with Crippen LogP contribution in [-0.2, 0) is 9.53 Å². The zero-order chi connectivity index (χ0) is 11.3. The summed E-state index contributed by atoms with van der Waals surface area (Å²) in [5.41, 5.74) is 0.372. The predicted molar refractivity (Wildman–Crippen MR) is 52.0 cm³/mol. The van der Waals surface area contributed by atoms with Gasteiger partial charge < -0.3 is 4.74 Å². The summed E-state index contributed by atoms with van der Waals surface area (Å²) in [6, 6.07) is 3.14. The van der Waals surface area contributed by atoms with Crippen LogP contribution in [0.1, 0.15) is 12.0 Å². The van der Waals surface area contributed by atoms with Crippen LogP contribution in [0.15, 0.2) is 24.3 Å². The van der Waals surface area contributed by atoms with Crippen LogP contribution in [0.4, 0.5) is 8.78 Å². The van der Waals surface area contributed by atoms with Gasteiger partial charge in [-0.2, -0.15) is 0 Å². The van der Waals surface area contributed by atoms with E-state index in [9.17, 15) is 13.6 Å². The van der Waals surface area contributed by atoms with Gasteiger partial charge in [-0.15, -0.1) is 0 Å². The smallest absolute Gasteiger partial charge is 0.309 e. The predicted octanol–water partition coefficient (Wildman–Crippen LogP) is 2.54. The molecule has 0 fully saturated rings. The number of carbonyl (C=O) groups is 1. The highest BCUT2D eigenvalue weighted by Crippen LogP contribution is 2.09. The average molecular weight is 212 g/mol. The Morgan fingerprint density at radius 2 is 1.93 bits per heavy atom. The number of rotatable bonds is 3. The lowest BCUT2D eigenvalue weighted by atomic mass is 10.2. The van der Waals surface area contributed by atoms with E-state index in [2.05, 4.69) is 4.74 Å². The maximum Gasteiger partial charge on any atom is 0.309 e. The second kappa shape index (κ2) is 5.24. The molecule has 0 aliphatic heterocycles. The Morgan fingerprint density at radius 3 is 2.47 bits per heavy atom. The molecule has 15 heavy (non-hydrogen) atoms. The number of hydrogen-bond acceptors (Lipinski definition) is 2. The van der Waals surface area contributed by atoms with Gasteiger partial charge in [0.25, 0.3) is 0 Å². The molecule has 0 amide bonds. The van der Waals surface area contributed by atoms with Crippen molar-refractivity contribution < 1.29 is 18.3 Å². The van der Waals surface area contributed by atoms with E-state index in [-0.39, 0.29) is 6.42 Å². The Balaban J connectivity index is 2.68. The lowest BCUT2D eigenvalue weighted by molar-refractivity contribution is -0.139. The average Bonchev–Trinajstić information content (AvgIpc) is 2.16. The Morgan fingerprint density at radius 1 is 1.33 bits per heavy atom. The minimum absolute atomic E-state index is 0.0780. The third-order valence-electron chi connectivity index (χ3n) is 1.71. The summed E-state index contributed by atoms with van der Waals surface area (Å²) in [6.45, 7) is 0. The van der Waals surface area contributed by atoms with E-state index in [1.807, 2.05) is 0 Å². The van der Waals surface area contributed by atoms with Gasteiger partial charge in [0.05, 0.1) is 13.5 Å². The highest BCUT2D eigenvalue weighted by Gasteiger charge is 1.98. The van der Waals surface area contributed by atoms with Crippen molar-refractivity contribution >= 4 is 12.0 Å². The fraction of sp³-hybridized carbons (Fsp3) is 0.182. The Hall–Kier alpha value is -1.71. The van der Waals surface area contributed by atoms with Crippen molar-refractivity contribution in [1.29, 1.82) is 0 Å². The van der Waals surface area contributed by atoms with Gasteiger partial charge in [-0.3, -0.25) is 4.79 Å². The molecule has 4 heteroatoms. The van der Waals surface area contributed by atoms with Crippen molar-refractivity contribution in [3.8, 4) is 0 Å². The number of halogens is 2. The maximum atomic E-state index is 12.7. The van der Waals surface area contributed by atoms with Gasteiger partial charge in [-0.05, 0) is 17.7 Å². The number of ether oxygens (including phenoxy) is 1. The van der Waals surface area contributed by atoms with Crippen molar-refractivity contribution in [1.82, 2.24) is 0 Å². The monoisotopic (exact) mass is 212 g/mol. The fourth-order valence-corrected chi connectivity index (χ4v) is 1.05. The number of methoxy groups -OCH3 is 1. The Bertz CT molecular complexity index is 366. The molecule has 0 radical (unpaired) electrons. The first-order chi connectivity index (χ1) is 7.11. The summed E-state index contributed by atoms with van der Waals surface area (Å²) in [5, 5.41) is 0. The fourth-order valence-electron chi connectivity index (χ4n) is 1.05. The van der Waals surface area contributed by atoms with Crippen LogP contribution in [0.3, 0.4) is 0 Å². The van der Waals surface area contributed by atoms with Crippen molar-refractivity contribution in [2.24, 2.45) is 0 Å². The SMILES string of the molecule is COC(=O)CC=Cc1cc(F)cc(F)c1. The first kappa shape index (κ1) is 11.4. The van der Waals surface area contributed by atoms with Crippen LogP contribution >= 0.6 is 0 Å². The molecule has 0 atom stereocenters. The standard InChI is InChI=1S/C11H10F2O2/c1-15-11(14)4-2-3-8-5-9(12)7-10(13)6-8/h2-3,5-7H,4H2,1H3. The van der Waals surface area contributed by atoms with Gasteiger partial charge in [0.15, 0.2) is 0 Å². The van der Waals surface area contributed by atoms with E-state index < -0.39 is 17.6 Å². The van der Waals surface area contributed by atoms with Gasteiger partial charge in [0.2, 0.25) is 0 Å². The van der Waals surface area contributed by atoms with E-state index >= 15 is 0 Å². The highest BCUT2D eigenvalue weighted by atomic mass is 19.1. The second-order valence-corrected chi connectivity index (χ2v) is 2.89. The normalized spacial score (nSPS) is 10.6. The third-order valence-corrected chi connectivity index (χ3v) is 1.71. The molecule has 1 rings (SSSR count). The highest BCUT2D eigenvalue weighted by molar-refractivity contribution is 5.72. The molecule has 0 N–H and O–H groups in total. The van der Waals surface area contributed by atoms with Gasteiger partial charge in [-0.25, -0.2) is 8.78 Å². The Kier molecular flexibility index (Phi) is 3.97. The molecule has 0 aliphatic carbocycles. The van der Waals surface area contributed by atoms with Gasteiger partial charge in [0, 0.05) is 6.07 Å². The lowest BCUT2D eigenvalue weighted by Gasteiger charge is -1.95. The van der Waals surface area contributed by atoms with Gasteiger partial charge in [0.1, 0.15) is 11.6 Å². The molecule has 80 valence electrons. The molecule has 0 heterocycles. The minimum atomic E-state index is -0.646. The molecule has 1 aromatic rings. The van der Waals surface area contributed by atoms with Crippen molar-refractivity contribution in [3.05, 3.63) is 41.5 Å². The van der Waals surface area contributed by atoms with Crippen molar-refractivity contribution in [3.63, 3.8) is 0 Å². The molecule has 0 aromatic heterocycles. The second-order valence-electron chi connectivity index (χ2n) is 2.89. The molecule has 0 aliphatic rings. The summed E-state index contributed by atoms with van der Waals surface area (Å²) in [5.74, 6) is -1.69. The Labute approximate surface area is 86.2 Å². The van der Waals surface area contributed by atoms with Gasteiger partial charge in [-0.1, -0.05) is 12.2 Å². The first-order valence-electron chi connectivity index (χ1n) is 4.31. The minimum Gasteiger partial charge on any atom is -0.469 e. The van der Waals surface area contributed by atoms with Crippen molar-refractivity contribution in [2.75, 3.05) is 7.11 Å². The first-order valence-corrected chi connectivity index (χ1v) is 4.31. The molecular formula is C11H10F2O2. The van der Waals surface area contributed by atoms with E-state index in [4.69, 9.17) is 0 Å². The van der Waals surface area contributed by atoms with Crippen LogP contribution in [-0.4, -0.2) is 13.1 Å². The molecule has 2 nitrogen and oxygen atoms in total. The number of benzene rings is 1. The molecule has 0 unspecified atom stereocenters. The summed E-state index contributed by atoms with van der Waals surface area (Å²) in [4.78, 5) is 10.7. The maximum absolute atomic E-state index is 12.7. The van der Waals surface area contributed by atoms with Crippen LogP contribution in [0.2, 0.25) is 0 Å². The molecule has 0 saturated carbocycles.